The van der Waals surface area contributed by atoms with Gasteiger partial charge in [-0.2, -0.15) is 26.3 Å². The summed E-state index contributed by atoms with van der Waals surface area (Å²) in [4.78, 5) is 3.35. The standard InChI is InChI=1S/C20H14F6N4O3S/c1-27-16-8-5-13(9-15(16)20(24,25)26)30(11-19(21,22)23)10-17-28-29-18(33-17)12-3-6-14(7-4-12)34(2,31)32/h3-9H,10-11H2,2H3. The molecule has 0 N–H and O–H groups in total. The lowest BCUT2D eigenvalue weighted by Crippen LogP contribution is -2.34. The second kappa shape index (κ2) is 8.98. The van der Waals surface area contributed by atoms with E-state index in [1.807, 2.05) is 0 Å². The highest BCUT2D eigenvalue weighted by Gasteiger charge is 2.36. The molecule has 34 heavy (non-hydrogen) atoms. The second-order valence-electron chi connectivity index (χ2n) is 7.08. The highest BCUT2D eigenvalue weighted by Crippen LogP contribution is 2.39. The van der Waals surface area contributed by atoms with Gasteiger partial charge in [-0.25, -0.2) is 13.3 Å². The van der Waals surface area contributed by atoms with Gasteiger partial charge < -0.3 is 9.32 Å². The molecule has 7 nitrogen and oxygen atoms in total. The van der Waals surface area contributed by atoms with Gasteiger partial charge in [-0.15, -0.1) is 10.2 Å². The number of benzene rings is 2. The molecule has 180 valence electrons. The molecule has 0 saturated heterocycles. The number of alkyl halides is 6. The minimum Gasteiger partial charge on any atom is -0.419 e. The molecule has 3 rings (SSSR count). The predicted molar refractivity (Wildman–Crippen MR) is 108 cm³/mol. The smallest absolute Gasteiger partial charge is 0.407 e. The van der Waals surface area contributed by atoms with Crippen LogP contribution in [0, 0.1) is 6.57 Å². The summed E-state index contributed by atoms with van der Waals surface area (Å²) in [6.07, 6.45) is -8.71. The van der Waals surface area contributed by atoms with Crippen molar-refractivity contribution in [1.82, 2.24) is 10.2 Å². The van der Waals surface area contributed by atoms with E-state index in [0.717, 1.165) is 18.4 Å². The fourth-order valence-electron chi connectivity index (χ4n) is 2.94. The first-order chi connectivity index (χ1) is 15.7. The predicted octanol–water partition coefficient (Wildman–Crippen LogP) is 5.28. The maximum atomic E-state index is 13.3. The summed E-state index contributed by atoms with van der Waals surface area (Å²) in [5.74, 6) is -0.449. The summed E-state index contributed by atoms with van der Waals surface area (Å²) in [6, 6.07) is 7.50. The van der Waals surface area contributed by atoms with Gasteiger partial charge in [0.05, 0.1) is 23.6 Å². The van der Waals surface area contributed by atoms with E-state index in [9.17, 15) is 34.8 Å². The lowest BCUT2D eigenvalue weighted by atomic mass is 10.1. The van der Waals surface area contributed by atoms with Crippen LogP contribution in [0.25, 0.3) is 16.3 Å². The zero-order valence-electron chi connectivity index (χ0n) is 17.1. The minimum atomic E-state index is -4.95. The van der Waals surface area contributed by atoms with E-state index in [1.54, 1.807) is 0 Å². The monoisotopic (exact) mass is 504 g/mol. The molecule has 0 bridgehead atoms. The van der Waals surface area contributed by atoms with E-state index in [-0.39, 0.29) is 22.2 Å². The van der Waals surface area contributed by atoms with Gasteiger partial charge in [0.1, 0.15) is 6.54 Å². The van der Waals surface area contributed by atoms with Crippen molar-refractivity contribution in [3.8, 4) is 11.5 Å². The summed E-state index contributed by atoms with van der Waals surface area (Å²) >= 11 is 0. The Balaban J connectivity index is 1.93. The molecular weight excluding hydrogens is 490 g/mol. The van der Waals surface area contributed by atoms with Crippen LogP contribution >= 0.6 is 0 Å². The molecule has 0 spiro atoms. The Morgan fingerprint density at radius 2 is 1.68 bits per heavy atom. The SMILES string of the molecule is [C-]#[N+]c1ccc(N(Cc2nnc(-c3ccc(S(C)(=O)=O)cc3)o2)CC(F)(F)F)cc1C(F)(F)F. The maximum absolute atomic E-state index is 13.3. The number of rotatable bonds is 6. The lowest BCUT2D eigenvalue weighted by molar-refractivity contribution is -0.136. The summed E-state index contributed by atoms with van der Waals surface area (Å²) in [7, 11) is -3.46. The van der Waals surface area contributed by atoms with E-state index in [0.29, 0.717) is 11.0 Å². The average Bonchev–Trinajstić information content (AvgIpc) is 3.19. The number of hydrogen-bond acceptors (Lipinski definition) is 6. The number of nitrogens with zero attached hydrogens (tertiary/aromatic N) is 4. The van der Waals surface area contributed by atoms with Gasteiger partial charge in [0.2, 0.25) is 11.8 Å². The van der Waals surface area contributed by atoms with Gasteiger partial charge in [0.15, 0.2) is 15.5 Å². The van der Waals surface area contributed by atoms with Crippen LogP contribution in [-0.2, 0) is 22.6 Å². The zero-order valence-corrected chi connectivity index (χ0v) is 18.0. The molecular formula is C20H14F6N4O3S. The van der Waals surface area contributed by atoms with Crippen molar-refractivity contribution in [1.29, 1.82) is 0 Å². The average molecular weight is 504 g/mol. The molecule has 0 radical (unpaired) electrons. The first-order valence-corrected chi connectivity index (χ1v) is 11.1. The summed E-state index contributed by atoms with van der Waals surface area (Å²) in [5.41, 5.74) is -2.28. The van der Waals surface area contributed by atoms with Gasteiger partial charge in [-0.3, -0.25) is 0 Å². The Labute approximate surface area is 189 Å². The number of aromatic nitrogens is 2. The van der Waals surface area contributed by atoms with E-state index in [4.69, 9.17) is 11.0 Å². The topological polar surface area (TPSA) is 80.7 Å². The number of halogens is 6. The van der Waals surface area contributed by atoms with Gasteiger partial charge in [-0.1, -0.05) is 6.07 Å². The molecule has 1 heterocycles. The van der Waals surface area contributed by atoms with Crippen LogP contribution in [0.5, 0.6) is 0 Å². The quantitative estimate of drug-likeness (QED) is 0.336. The molecule has 2 aromatic carbocycles. The van der Waals surface area contributed by atoms with E-state index >= 15 is 0 Å². The molecule has 1 aromatic heterocycles. The normalized spacial score (nSPS) is 12.4. The number of anilines is 1. The Morgan fingerprint density at radius 3 is 2.21 bits per heavy atom. The van der Waals surface area contributed by atoms with Crippen molar-refractivity contribution in [2.24, 2.45) is 0 Å². The third-order valence-electron chi connectivity index (χ3n) is 4.46. The molecule has 0 atom stereocenters. The molecule has 0 amide bonds. The van der Waals surface area contributed by atoms with Crippen molar-refractivity contribution in [3.05, 3.63) is 65.3 Å². The molecule has 0 aliphatic rings. The first-order valence-electron chi connectivity index (χ1n) is 9.20. The van der Waals surface area contributed by atoms with Crippen molar-refractivity contribution >= 4 is 21.2 Å². The Bertz CT molecular complexity index is 1330. The van der Waals surface area contributed by atoms with Crippen LogP contribution in [-0.4, -0.2) is 37.6 Å². The molecule has 0 unspecified atom stereocenters. The third kappa shape index (κ3) is 6.04. The van der Waals surface area contributed by atoms with Gasteiger partial charge >= 0.3 is 12.4 Å². The number of hydrogen-bond donors (Lipinski definition) is 0. The number of sulfone groups is 1. The highest BCUT2D eigenvalue weighted by molar-refractivity contribution is 7.90. The summed E-state index contributed by atoms with van der Waals surface area (Å²) in [5, 5.41) is 7.36. The first kappa shape index (κ1) is 25.0. The third-order valence-corrected chi connectivity index (χ3v) is 5.59. The van der Waals surface area contributed by atoms with Gasteiger partial charge in [-0.05, 0) is 36.4 Å². The van der Waals surface area contributed by atoms with Crippen LogP contribution in [0.4, 0.5) is 37.7 Å². The molecule has 0 aliphatic carbocycles. The Hall–Kier alpha value is -3.60. The summed E-state index contributed by atoms with van der Waals surface area (Å²) < 4.78 is 108. The zero-order chi connectivity index (χ0) is 25.3. The van der Waals surface area contributed by atoms with Crippen LogP contribution < -0.4 is 4.90 Å². The molecule has 0 saturated carbocycles. The minimum absolute atomic E-state index is 0.0238. The van der Waals surface area contributed by atoms with Crippen molar-refractivity contribution in [2.45, 2.75) is 23.8 Å². The van der Waals surface area contributed by atoms with E-state index in [1.165, 1.54) is 24.3 Å². The Morgan fingerprint density at radius 1 is 1.03 bits per heavy atom. The maximum Gasteiger partial charge on any atom is 0.407 e. The van der Waals surface area contributed by atoms with Gasteiger partial charge in [0, 0.05) is 17.5 Å². The highest BCUT2D eigenvalue weighted by atomic mass is 32.2. The van der Waals surface area contributed by atoms with Crippen LogP contribution in [0.15, 0.2) is 51.8 Å². The van der Waals surface area contributed by atoms with E-state index in [2.05, 4.69) is 15.0 Å². The largest absolute Gasteiger partial charge is 0.419 e. The second-order valence-corrected chi connectivity index (χ2v) is 9.10. The van der Waals surface area contributed by atoms with E-state index < -0.39 is 52.2 Å². The van der Waals surface area contributed by atoms with Crippen molar-refractivity contribution in [3.63, 3.8) is 0 Å². The molecule has 0 aliphatic heterocycles. The van der Waals surface area contributed by atoms with Crippen LogP contribution in [0.3, 0.4) is 0 Å². The Kier molecular flexibility index (Phi) is 6.61. The fourth-order valence-corrected chi connectivity index (χ4v) is 3.57. The molecule has 0 fully saturated rings. The lowest BCUT2D eigenvalue weighted by Gasteiger charge is -2.25. The van der Waals surface area contributed by atoms with Crippen molar-refractivity contribution < 1.29 is 39.2 Å². The van der Waals surface area contributed by atoms with Crippen LogP contribution in [0.2, 0.25) is 0 Å². The van der Waals surface area contributed by atoms with Crippen LogP contribution in [0.1, 0.15) is 11.5 Å². The molecule has 3 aromatic rings. The van der Waals surface area contributed by atoms with Crippen molar-refractivity contribution in [2.75, 3.05) is 17.7 Å². The molecule has 14 heteroatoms. The summed E-state index contributed by atoms with van der Waals surface area (Å²) in [6.45, 7) is 4.56. The van der Waals surface area contributed by atoms with Gasteiger partial charge in [0.25, 0.3) is 0 Å². The fraction of sp³-hybridized carbons (Fsp3) is 0.250.